The van der Waals surface area contributed by atoms with E-state index < -0.39 is 0 Å². The summed E-state index contributed by atoms with van der Waals surface area (Å²) >= 11 is 5.94. The number of hydrogen-bond acceptors (Lipinski definition) is 3. The molecule has 1 N–H and O–H groups in total. The van der Waals surface area contributed by atoms with Gasteiger partial charge >= 0.3 is 0 Å². The molecule has 0 aliphatic rings. The summed E-state index contributed by atoms with van der Waals surface area (Å²) in [7, 11) is 0. The van der Waals surface area contributed by atoms with E-state index in [9.17, 15) is 4.79 Å². The fourth-order valence-corrected chi connectivity index (χ4v) is 4.23. The van der Waals surface area contributed by atoms with Crippen molar-refractivity contribution in [3.63, 3.8) is 0 Å². The monoisotopic (exact) mass is 501 g/mol. The van der Waals surface area contributed by atoms with Crippen molar-refractivity contribution in [3.8, 4) is 5.75 Å². The van der Waals surface area contributed by atoms with Crippen molar-refractivity contribution in [2.45, 2.75) is 38.6 Å². The third-order valence-electron chi connectivity index (χ3n) is 5.95. The molecule has 0 aliphatic carbocycles. The third kappa shape index (κ3) is 7.72. The fourth-order valence-electron chi connectivity index (χ4n) is 4.10. The average molecular weight is 502 g/mol. The van der Waals surface area contributed by atoms with Crippen LogP contribution in [0.5, 0.6) is 5.75 Å². The van der Waals surface area contributed by atoms with Crippen LogP contribution in [0.3, 0.4) is 0 Å². The Morgan fingerprint density at radius 2 is 1.69 bits per heavy atom. The molecule has 5 nitrogen and oxygen atoms in total. The summed E-state index contributed by atoms with van der Waals surface area (Å²) in [5, 5.41) is 3.68. The number of ether oxygens (including phenoxy) is 1. The van der Waals surface area contributed by atoms with E-state index in [1.165, 1.54) is 0 Å². The van der Waals surface area contributed by atoms with Gasteiger partial charge in [0.05, 0.1) is 17.6 Å². The first-order chi connectivity index (χ1) is 17.7. The number of amides is 1. The van der Waals surface area contributed by atoms with E-state index in [1.54, 1.807) is 6.08 Å². The number of hydrogen-bond donors (Lipinski definition) is 1. The first-order valence-electron chi connectivity index (χ1n) is 12.5. The smallest absolute Gasteiger partial charge is 0.243 e. The number of nitrogens with zero attached hydrogens (tertiary/aromatic N) is 2. The Labute approximate surface area is 217 Å². The largest absolute Gasteiger partial charge is 0.494 e. The Morgan fingerprint density at radius 3 is 2.53 bits per heavy atom. The number of fused-ring (bicyclic) bond motifs is 1. The van der Waals surface area contributed by atoms with E-state index in [4.69, 9.17) is 21.3 Å². The lowest BCUT2D eigenvalue weighted by molar-refractivity contribution is -0.116. The van der Waals surface area contributed by atoms with Gasteiger partial charge in [0.15, 0.2) is 0 Å². The summed E-state index contributed by atoms with van der Waals surface area (Å²) in [4.78, 5) is 16.9. The standard InChI is InChI=1S/C30H32ClN3O2/c31-25-16-18-26(19-17-25)36-23-9-22-34-28-13-7-6-12-27(28)33-29(34)14-5-2-8-21-32-30(35)20-15-24-10-3-1-4-11-24/h1,3-4,6-7,10-13,15-20H,2,5,8-9,14,21-23H2,(H,32,35)/b20-15+. The number of benzene rings is 3. The second-order valence-corrected chi connectivity index (χ2v) is 9.11. The molecule has 4 rings (SSSR count). The minimum atomic E-state index is -0.0542. The molecule has 0 unspecified atom stereocenters. The first kappa shape index (κ1) is 25.5. The second kappa shape index (κ2) is 13.5. The molecule has 0 aliphatic heterocycles. The zero-order chi connectivity index (χ0) is 25.0. The molecule has 36 heavy (non-hydrogen) atoms. The summed E-state index contributed by atoms with van der Waals surface area (Å²) in [5.41, 5.74) is 3.21. The molecule has 0 atom stereocenters. The first-order valence-corrected chi connectivity index (χ1v) is 12.9. The number of aryl methyl sites for hydroxylation is 2. The molecule has 0 spiro atoms. The highest BCUT2D eigenvalue weighted by Gasteiger charge is 2.10. The van der Waals surface area contributed by atoms with Crippen molar-refractivity contribution in [3.05, 3.63) is 101 Å². The van der Waals surface area contributed by atoms with Crippen LogP contribution in [0, 0.1) is 0 Å². The summed E-state index contributed by atoms with van der Waals surface area (Å²) in [6.07, 6.45) is 8.23. The predicted octanol–water partition coefficient (Wildman–Crippen LogP) is 6.70. The number of rotatable bonds is 13. The lowest BCUT2D eigenvalue weighted by Gasteiger charge is -2.11. The fraction of sp³-hybridized carbons (Fsp3) is 0.267. The molecule has 0 saturated carbocycles. The molecule has 0 saturated heterocycles. The Bertz CT molecular complexity index is 1270. The number of para-hydroxylation sites is 2. The molecule has 0 fully saturated rings. The van der Waals surface area contributed by atoms with Crippen molar-refractivity contribution in [2.75, 3.05) is 13.2 Å². The van der Waals surface area contributed by atoms with E-state index >= 15 is 0 Å². The zero-order valence-corrected chi connectivity index (χ0v) is 21.2. The number of halogens is 1. The minimum Gasteiger partial charge on any atom is -0.494 e. The van der Waals surface area contributed by atoms with Crippen molar-refractivity contribution in [1.82, 2.24) is 14.9 Å². The third-order valence-corrected chi connectivity index (χ3v) is 6.20. The Balaban J connectivity index is 1.21. The van der Waals surface area contributed by atoms with Gasteiger partial charge in [-0.1, -0.05) is 60.5 Å². The average Bonchev–Trinajstić information content (AvgIpc) is 3.26. The molecule has 1 aromatic heterocycles. The van der Waals surface area contributed by atoms with E-state index in [-0.39, 0.29) is 5.91 Å². The maximum absolute atomic E-state index is 12.0. The number of nitrogens with one attached hydrogen (secondary N) is 1. The number of carbonyl (C=O) groups is 1. The van der Waals surface area contributed by atoms with Crippen LogP contribution in [0.2, 0.25) is 5.02 Å². The zero-order valence-electron chi connectivity index (χ0n) is 20.4. The molecule has 6 heteroatoms. The Kier molecular flexibility index (Phi) is 9.57. The minimum absolute atomic E-state index is 0.0542. The van der Waals surface area contributed by atoms with Gasteiger partial charge in [-0.05, 0) is 67.3 Å². The van der Waals surface area contributed by atoms with Crippen LogP contribution in [0.4, 0.5) is 0 Å². The van der Waals surface area contributed by atoms with Gasteiger partial charge in [-0.15, -0.1) is 0 Å². The quantitative estimate of drug-likeness (QED) is 0.164. The van der Waals surface area contributed by atoms with Crippen LogP contribution in [0.1, 0.15) is 37.1 Å². The molecule has 3 aromatic carbocycles. The molecular formula is C30H32ClN3O2. The Hall–Kier alpha value is -3.57. The SMILES string of the molecule is O=C(/C=C/c1ccccc1)NCCCCCc1nc2ccccc2n1CCCOc1ccc(Cl)cc1. The van der Waals surface area contributed by atoms with Gasteiger partial charge in [0.25, 0.3) is 0 Å². The lowest BCUT2D eigenvalue weighted by atomic mass is 10.2. The summed E-state index contributed by atoms with van der Waals surface area (Å²) in [6.45, 7) is 2.16. The highest BCUT2D eigenvalue weighted by atomic mass is 35.5. The van der Waals surface area contributed by atoms with Crippen molar-refractivity contribution >= 4 is 34.6 Å². The predicted molar refractivity (Wildman–Crippen MR) is 147 cm³/mol. The molecule has 0 bridgehead atoms. The van der Waals surface area contributed by atoms with Gasteiger partial charge in [-0.3, -0.25) is 4.79 Å². The maximum Gasteiger partial charge on any atom is 0.243 e. The summed E-state index contributed by atoms with van der Waals surface area (Å²) < 4.78 is 8.18. The van der Waals surface area contributed by atoms with Crippen LogP contribution in [0.25, 0.3) is 17.1 Å². The second-order valence-electron chi connectivity index (χ2n) is 8.67. The topological polar surface area (TPSA) is 56.2 Å². The van der Waals surface area contributed by atoms with E-state index in [2.05, 4.69) is 28.1 Å². The molecular weight excluding hydrogens is 470 g/mol. The van der Waals surface area contributed by atoms with E-state index in [1.807, 2.05) is 66.7 Å². The number of aromatic nitrogens is 2. The van der Waals surface area contributed by atoms with Crippen molar-refractivity contribution in [1.29, 1.82) is 0 Å². The van der Waals surface area contributed by atoms with Crippen LogP contribution < -0.4 is 10.1 Å². The molecule has 4 aromatic rings. The van der Waals surface area contributed by atoms with E-state index in [0.717, 1.165) is 66.8 Å². The molecule has 186 valence electrons. The van der Waals surface area contributed by atoms with Crippen molar-refractivity contribution < 1.29 is 9.53 Å². The Morgan fingerprint density at radius 1 is 0.917 bits per heavy atom. The number of imidazole rings is 1. The lowest BCUT2D eigenvalue weighted by Crippen LogP contribution is -2.22. The van der Waals surface area contributed by atoms with Crippen molar-refractivity contribution in [2.24, 2.45) is 0 Å². The van der Waals surface area contributed by atoms with Gasteiger partial charge in [0.2, 0.25) is 5.91 Å². The summed E-state index contributed by atoms with van der Waals surface area (Å²) in [6, 6.07) is 25.6. The molecule has 1 amide bonds. The highest BCUT2D eigenvalue weighted by Crippen LogP contribution is 2.19. The van der Waals surface area contributed by atoms with Gasteiger partial charge in [0, 0.05) is 30.6 Å². The highest BCUT2D eigenvalue weighted by molar-refractivity contribution is 6.30. The van der Waals surface area contributed by atoms with Gasteiger partial charge in [0.1, 0.15) is 11.6 Å². The number of carbonyl (C=O) groups excluding carboxylic acids is 1. The van der Waals surface area contributed by atoms with Gasteiger partial charge in [-0.2, -0.15) is 0 Å². The maximum atomic E-state index is 12.0. The van der Waals surface area contributed by atoms with Gasteiger partial charge < -0.3 is 14.6 Å². The van der Waals surface area contributed by atoms with Crippen LogP contribution >= 0.6 is 11.6 Å². The van der Waals surface area contributed by atoms with Gasteiger partial charge in [-0.25, -0.2) is 4.98 Å². The summed E-state index contributed by atoms with van der Waals surface area (Å²) in [5.74, 6) is 1.89. The van der Waals surface area contributed by atoms with E-state index in [0.29, 0.717) is 18.2 Å². The molecule has 0 radical (unpaired) electrons. The van der Waals surface area contributed by atoms with Crippen LogP contribution in [-0.2, 0) is 17.8 Å². The molecule has 1 heterocycles. The normalized spacial score (nSPS) is 11.2. The number of unbranched alkanes of at least 4 members (excludes halogenated alkanes) is 2. The van der Waals surface area contributed by atoms with Crippen LogP contribution in [-0.4, -0.2) is 28.6 Å². The van der Waals surface area contributed by atoms with Crippen LogP contribution in [0.15, 0.2) is 84.9 Å².